The number of halogens is 1. The van der Waals surface area contributed by atoms with Crippen LogP contribution in [0.5, 0.6) is 0 Å². The highest BCUT2D eigenvalue weighted by molar-refractivity contribution is 7.14. The van der Waals surface area contributed by atoms with Crippen LogP contribution >= 0.6 is 22.9 Å². The molecule has 1 rings (SSSR count). The molecule has 1 heterocycles. The van der Waals surface area contributed by atoms with Crippen LogP contribution in [-0.2, 0) is 19.2 Å². The van der Waals surface area contributed by atoms with Crippen molar-refractivity contribution in [2.24, 2.45) is 5.16 Å². The molecule has 2 amide bonds. The molecular formula is C15H21ClN4O6S. The molecule has 0 atom stereocenters. The number of alkyl halides is 1. The van der Waals surface area contributed by atoms with Crippen LogP contribution in [0.2, 0.25) is 0 Å². The summed E-state index contributed by atoms with van der Waals surface area (Å²) >= 11 is 6.41. The van der Waals surface area contributed by atoms with Crippen molar-refractivity contribution in [3.05, 3.63) is 11.1 Å². The van der Waals surface area contributed by atoms with E-state index in [4.69, 9.17) is 21.2 Å². The summed E-state index contributed by atoms with van der Waals surface area (Å²) in [7, 11) is 0. The van der Waals surface area contributed by atoms with Gasteiger partial charge in [-0.3, -0.25) is 4.79 Å². The van der Waals surface area contributed by atoms with E-state index in [9.17, 15) is 19.5 Å². The molecule has 1 aromatic rings. The number of carboxylic acids is 1. The van der Waals surface area contributed by atoms with Gasteiger partial charge in [-0.1, -0.05) is 5.16 Å². The Kier molecular flexibility index (Phi) is 8.95. The van der Waals surface area contributed by atoms with E-state index in [1.165, 1.54) is 5.38 Å². The van der Waals surface area contributed by atoms with Crippen molar-refractivity contribution in [1.29, 1.82) is 0 Å². The molecule has 3 N–H and O–H groups in total. The molecular weight excluding hydrogens is 400 g/mol. The predicted molar refractivity (Wildman–Crippen MR) is 100 cm³/mol. The number of aromatic nitrogens is 1. The van der Waals surface area contributed by atoms with Gasteiger partial charge in [0.25, 0.3) is 0 Å². The van der Waals surface area contributed by atoms with Crippen LogP contribution < -0.4 is 10.6 Å². The van der Waals surface area contributed by atoms with E-state index in [0.29, 0.717) is 6.42 Å². The second-order valence-electron chi connectivity index (χ2n) is 6.08. The first-order valence-electron chi connectivity index (χ1n) is 7.84. The average Bonchev–Trinajstić information content (AvgIpc) is 2.99. The van der Waals surface area contributed by atoms with Gasteiger partial charge in [0.2, 0.25) is 11.6 Å². The number of carboxylic acid groups (broad SMARTS) is 1. The third kappa shape index (κ3) is 9.20. The SMILES string of the molecule is CC(C)(C)OC(=O)NCCCO/N=C(\C(=O)O)c1csc(NC(=O)CCl)n1. The molecule has 0 unspecified atom stereocenters. The summed E-state index contributed by atoms with van der Waals surface area (Å²) in [6.07, 6.45) is -0.157. The second kappa shape index (κ2) is 10.7. The third-order valence-electron chi connectivity index (χ3n) is 2.55. The number of aliphatic carboxylic acids is 1. The van der Waals surface area contributed by atoms with Crippen molar-refractivity contribution in [1.82, 2.24) is 10.3 Å². The standard InChI is InChI=1S/C15H21ClN4O6S/c1-15(2,3)26-14(24)17-5-4-6-25-20-11(12(22)23)9-8-27-13(18-9)19-10(21)7-16/h8H,4-7H2,1-3H3,(H,17,24)(H,22,23)(H,18,19,21)/b20-11-. The molecule has 0 saturated heterocycles. The Morgan fingerprint density at radius 3 is 2.67 bits per heavy atom. The first-order valence-corrected chi connectivity index (χ1v) is 9.25. The maximum absolute atomic E-state index is 11.4. The highest BCUT2D eigenvalue weighted by Crippen LogP contribution is 2.16. The van der Waals surface area contributed by atoms with E-state index in [2.05, 4.69) is 20.8 Å². The van der Waals surface area contributed by atoms with Crippen molar-refractivity contribution in [3.63, 3.8) is 0 Å². The van der Waals surface area contributed by atoms with E-state index in [-0.39, 0.29) is 29.9 Å². The lowest BCUT2D eigenvalue weighted by atomic mass is 10.2. The number of oxime groups is 1. The van der Waals surface area contributed by atoms with Gasteiger partial charge in [-0.25, -0.2) is 14.6 Å². The van der Waals surface area contributed by atoms with E-state index >= 15 is 0 Å². The highest BCUT2D eigenvalue weighted by atomic mass is 35.5. The largest absolute Gasteiger partial charge is 0.476 e. The van der Waals surface area contributed by atoms with Gasteiger partial charge in [0.1, 0.15) is 23.8 Å². The molecule has 12 heteroatoms. The number of thiazole rings is 1. The zero-order valence-corrected chi connectivity index (χ0v) is 16.6. The summed E-state index contributed by atoms with van der Waals surface area (Å²) in [6.45, 7) is 5.61. The van der Waals surface area contributed by atoms with Crippen LogP contribution in [0.15, 0.2) is 10.5 Å². The number of amides is 2. The van der Waals surface area contributed by atoms with E-state index < -0.39 is 29.3 Å². The summed E-state index contributed by atoms with van der Waals surface area (Å²) in [5, 5.41) is 19.4. The number of hydrogen-bond donors (Lipinski definition) is 3. The van der Waals surface area contributed by atoms with Gasteiger partial charge in [-0.05, 0) is 20.8 Å². The monoisotopic (exact) mass is 420 g/mol. The van der Waals surface area contributed by atoms with Crippen molar-refractivity contribution >= 4 is 51.8 Å². The van der Waals surface area contributed by atoms with Gasteiger partial charge in [0.05, 0.1) is 0 Å². The van der Waals surface area contributed by atoms with Gasteiger partial charge in [0, 0.05) is 18.3 Å². The zero-order chi connectivity index (χ0) is 20.4. The molecule has 10 nitrogen and oxygen atoms in total. The fourth-order valence-corrected chi connectivity index (χ4v) is 2.32. The van der Waals surface area contributed by atoms with E-state index in [1.807, 2.05) is 0 Å². The maximum Gasteiger partial charge on any atom is 0.407 e. The lowest BCUT2D eigenvalue weighted by molar-refractivity contribution is -0.129. The Morgan fingerprint density at radius 2 is 2.07 bits per heavy atom. The van der Waals surface area contributed by atoms with Gasteiger partial charge in [-0.2, -0.15) is 0 Å². The molecule has 0 bridgehead atoms. The first-order chi connectivity index (χ1) is 12.6. The molecule has 1 aromatic heterocycles. The third-order valence-corrected chi connectivity index (χ3v) is 3.55. The quantitative estimate of drug-likeness (QED) is 0.240. The van der Waals surface area contributed by atoms with Crippen molar-refractivity contribution in [2.75, 3.05) is 24.3 Å². The summed E-state index contributed by atoms with van der Waals surface area (Å²) in [4.78, 5) is 42.9. The maximum atomic E-state index is 11.4. The molecule has 27 heavy (non-hydrogen) atoms. The van der Waals surface area contributed by atoms with Crippen molar-refractivity contribution < 1.29 is 29.1 Å². The molecule has 0 fully saturated rings. The van der Waals surface area contributed by atoms with Gasteiger partial charge >= 0.3 is 12.1 Å². The summed E-state index contributed by atoms with van der Waals surface area (Å²) < 4.78 is 5.07. The van der Waals surface area contributed by atoms with Gasteiger partial charge < -0.3 is 25.3 Å². The minimum absolute atomic E-state index is 0.0456. The lowest BCUT2D eigenvalue weighted by Crippen LogP contribution is -2.33. The number of rotatable bonds is 9. The van der Waals surface area contributed by atoms with Crippen molar-refractivity contribution in [3.8, 4) is 0 Å². The molecule has 0 saturated carbocycles. The Balaban J connectivity index is 2.48. The molecule has 0 aliphatic carbocycles. The number of ether oxygens (including phenoxy) is 1. The van der Waals surface area contributed by atoms with Gasteiger partial charge in [-0.15, -0.1) is 22.9 Å². The minimum Gasteiger partial charge on any atom is -0.476 e. The number of carbonyl (C=O) groups is 3. The normalized spacial score (nSPS) is 11.6. The number of nitrogens with zero attached hydrogens (tertiary/aromatic N) is 2. The Hall–Kier alpha value is -2.40. The molecule has 0 aliphatic heterocycles. The smallest absolute Gasteiger partial charge is 0.407 e. The van der Waals surface area contributed by atoms with Crippen LogP contribution in [0, 0.1) is 0 Å². The van der Waals surface area contributed by atoms with Crippen LogP contribution in [0.4, 0.5) is 9.93 Å². The number of alkyl carbamates (subject to hydrolysis) is 1. The number of anilines is 1. The molecule has 0 spiro atoms. The molecule has 0 radical (unpaired) electrons. The molecule has 150 valence electrons. The summed E-state index contributed by atoms with van der Waals surface area (Å²) in [6, 6.07) is 0. The zero-order valence-electron chi connectivity index (χ0n) is 15.1. The van der Waals surface area contributed by atoms with Gasteiger partial charge in [0.15, 0.2) is 5.13 Å². The van der Waals surface area contributed by atoms with Crippen molar-refractivity contribution in [2.45, 2.75) is 32.8 Å². The Bertz CT molecular complexity index is 701. The number of hydrogen-bond acceptors (Lipinski definition) is 8. The Labute approximate surface area is 164 Å². The predicted octanol–water partition coefficient (Wildman–Crippen LogP) is 2.04. The second-order valence-corrected chi connectivity index (χ2v) is 7.21. The van der Waals surface area contributed by atoms with Crippen LogP contribution in [0.3, 0.4) is 0 Å². The summed E-state index contributed by atoms with van der Waals surface area (Å²) in [5.41, 5.74) is -0.946. The highest BCUT2D eigenvalue weighted by Gasteiger charge is 2.18. The Morgan fingerprint density at radius 1 is 1.37 bits per heavy atom. The average molecular weight is 421 g/mol. The molecule has 0 aliphatic rings. The summed E-state index contributed by atoms with van der Waals surface area (Å²) in [5.74, 6) is -2.03. The fraction of sp³-hybridized carbons (Fsp3) is 0.533. The van der Waals surface area contributed by atoms with Crippen LogP contribution in [-0.4, -0.2) is 58.4 Å². The first kappa shape index (κ1) is 22.6. The fourth-order valence-electron chi connectivity index (χ4n) is 1.54. The van der Waals surface area contributed by atoms with E-state index in [0.717, 1.165) is 11.3 Å². The van der Waals surface area contributed by atoms with Crippen LogP contribution in [0.1, 0.15) is 32.9 Å². The lowest BCUT2D eigenvalue weighted by Gasteiger charge is -2.19. The van der Waals surface area contributed by atoms with E-state index in [1.54, 1.807) is 20.8 Å². The number of carbonyl (C=O) groups excluding carboxylic acids is 2. The number of nitrogens with one attached hydrogen (secondary N) is 2. The molecule has 0 aromatic carbocycles. The van der Waals surface area contributed by atoms with Crippen LogP contribution in [0.25, 0.3) is 0 Å². The topological polar surface area (TPSA) is 139 Å². The minimum atomic E-state index is -1.33.